The molecule has 24 heavy (non-hydrogen) atoms. The van der Waals surface area contributed by atoms with Gasteiger partial charge in [0.15, 0.2) is 0 Å². The van der Waals surface area contributed by atoms with Gasteiger partial charge in [0, 0.05) is 37.1 Å². The minimum Gasteiger partial charge on any atom is -0.338 e. The summed E-state index contributed by atoms with van der Waals surface area (Å²) < 4.78 is 2.06. The van der Waals surface area contributed by atoms with Gasteiger partial charge in [0.05, 0.1) is 22.4 Å². The van der Waals surface area contributed by atoms with E-state index >= 15 is 0 Å². The fourth-order valence-electron chi connectivity index (χ4n) is 3.16. The number of carbonyl (C=O) groups excluding carboxylic acids is 1. The molecular formula is C17H25N5OS. The summed E-state index contributed by atoms with van der Waals surface area (Å²) in [6.07, 6.45) is 2.72. The Hall–Kier alpha value is -1.89. The Balaban J connectivity index is 1.47. The van der Waals surface area contributed by atoms with Crippen LogP contribution in [-0.2, 0) is 12.8 Å². The summed E-state index contributed by atoms with van der Waals surface area (Å²) in [5.74, 6) is 0. The number of amides is 2. The normalized spacial score (nSPS) is 17.5. The molecule has 1 aliphatic rings. The highest BCUT2D eigenvalue weighted by Gasteiger charge is 2.28. The van der Waals surface area contributed by atoms with E-state index in [1.165, 1.54) is 0 Å². The lowest BCUT2D eigenvalue weighted by molar-refractivity contribution is 0.207. The van der Waals surface area contributed by atoms with Gasteiger partial charge in [-0.15, -0.1) is 11.3 Å². The summed E-state index contributed by atoms with van der Waals surface area (Å²) in [4.78, 5) is 18.8. The molecule has 2 aromatic heterocycles. The zero-order valence-electron chi connectivity index (χ0n) is 14.6. The first kappa shape index (κ1) is 17.0. The maximum Gasteiger partial charge on any atom is 0.317 e. The van der Waals surface area contributed by atoms with Crippen molar-refractivity contribution in [2.75, 3.05) is 19.6 Å². The van der Waals surface area contributed by atoms with Gasteiger partial charge in [-0.1, -0.05) is 6.92 Å². The molecule has 1 fully saturated rings. The Morgan fingerprint density at radius 2 is 2.29 bits per heavy atom. The fraction of sp³-hybridized carbons (Fsp3) is 0.588. The van der Waals surface area contributed by atoms with Crippen LogP contribution in [-0.4, -0.2) is 45.3 Å². The minimum atomic E-state index is 0.0197. The van der Waals surface area contributed by atoms with Crippen molar-refractivity contribution in [3.05, 3.63) is 33.5 Å². The predicted octanol–water partition coefficient (Wildman–Crippen LogP) is 2.72. The lowest BCUT2D eigenvalue weighted by Gasteiger charge is -2.18. The first-order chi connectivity index (χ1) is 11.6. The average Bonchev–Trinajstić information content (AvgIpc) is 3.26. The van der Waals surface area contributed by atoms with E-state index < -0.39 is 0 Å². The lowest BCUT2D eigenvalue weighted by Crippen LogP contribution is -2.39. The summed E-state index contributed by atoms with van der Waals surface area (Å²) >= 11 is 1.67. The van der Waals surface area contributed by atoms with Crippen LogP contribution in [0.4, 0.5) is 4.79 Å². The summed E-state index contributed by atoms with van der Waals surface area (Å²) in [6, 6.07) is 2.39. The second-order valence-electron chi connectivity index (χ2n) is 6.33. The monoisotopic (exact) mass is 347 g/mol. The second-order valence-corrected chi connectivity index (χ2v) is 7.27. The highest BCUT2D eigenvalue weighted by molar-refractivity contribution is 7.09. The van der Waals surface area contributed by atoms with Crippen molar-refractivity contribution in [3.8, 4) is 0 Å². The van der Waals surface area contributed by atoms with Crippen molar-refractivity contribution < 1.29 is 4.79 Å². The second kappa shape index (κ2) is 7.34. The first-order valence-corrected chi connectivity index (χ1v) is 9.43. The zero-order valence-corrected chi connectivity index (χ0v) is 15.4. The SMILES string of the molecule is CCc1csc(CCNC(=O)N2CC[C@H](n3nc(C)cc3C)C2)n1. The molecule has 2 aromatic rings. The number of carbonyl (C=O) groups is 1. The number of likely N-dealkylation sites (tertiary alicyclic amines) is 1. The molecule has 0 aliphatic carbocycles. The Kier molecular flexibility index (Phi) is 5.18. The van der Waals surface area contributed by atoms with Crippen LogP contribution in [0.3, 0.4) is 0 Å². The van der Waals surface area contributed by atoms with Crippen LogP contribution in [0.15, 0.2) is 11.4 Å². The molecule has 0 saturated carbocycles. The standard InChI is InChI=1S/C17H25N5OS/c1-4-14-11-24-16(19-14)5-7-18-17(23)21-8-6-15(10-21)22-13(3)9-12(2)20-22/h9,11,15H,4-8,10H2,1-3H3,(H,18,23)/t15-/m0/s1. The van der Waals surface area contributed by atoms with Crippen molar-refractivity contribution in [1.82, 2.24) is 25.0 Å². The highest BCUT2D eigenvalue weighted by atomic mass is 32.1. The number of hydrogen-bond donors (Lipinski definition) is 1. The van der Waals surface area contributed by atoms with Crippen LogP contribution in [0.5, 0.6) is 0 Å². The van der Waals surface area contributed by atoms with E-state index in [2.05, 4.69) is 45.4 Å². The molecule has 1 saturated heterocycles. The van der Waals surface area contributed by atoms with Crippen LogP contribution in [0.25, 0.3) is 0 Å². The van der Waals surface area contributed by atoms with Crippen LogP contribution in [0.1, 0.15) is 41.5 Å². The molecule has 2 amide bonds. The Labute approximate surface area is 146 Å². The molecule has 0 unspecified atom stereocenters. The molecular weight excluding hydrogens is 322 g/mol. The maximum atomic E-state index is 12.3. The van der Waals surface area contributed by atoms with Gasteiger partial charge >= 0.3 is 6.03 Å². The van der Waals surface area contributed by atoms with Crippen LogP contribution in [0.2, 0.25) is 0 Å². The van der Waals surface area contributed by atoms with Crippen molar-refractivity contribution >= 4 is 17.4 Å². The Bertz CT molecular complexity index is 708. The molecule has 7 heteroatoms. The molecule has 1 aliphatic heterocycles. The van der Waals surface area contributed by atoms with Gasteiger partial charge in [0.25, 0.3) is 0 Å². The van der Waals surface area contributed by atoms with Crippen molar-refractivity contribution in [3.63, 3.8) is 0 Å². The molecule has 1 N–H and O–H groups in total. The number of thiazole rings is 1. The van der Waals surface area contributed by atoms with Gasteiger partial charge in [0.2, 0.25) is 0 Å². The quantitative estimate of drug-likeness (QED) is 0.904. The van der Waals surface area contributed by atoms with Gasteiger partial charge in [-0.05, 0) is 32.8 Å². The highest BCUT2D eigenvalue weighted by Crippen LogP contribution is 2.23. The van der Waals surface area contributed by atoms with Gasteiger partial charge < -0.3 is 10.2 Å². The van der Waals surface area contributed by atoms with E-state index in [9.17, 15) is 4.79 Å². The molecule has 0 bridgehead atoms. The molecule has 6 nitrogen and oxygen atoms in total. The molecule has 130 valence electrons. The van der Waals surface area contributed by atoms with Crippen molar-refractivity contribution in [2.24, 2.45) is 0 Å². The van der Waals surface area contributed by atoms with Gasteiger partial charge in [-0.3, -0.25) is 4.68 Å². The largest absolute Gasteiger partial charge is 0.338 e. The van der Waals surface area contributed by atoms with Gasteiger partial charge in [-0.25, -0.2) is 9.78 Å². The van der Waals surface area contributed by atoms with E-state index in [-0.39, 0.29) is 12.1 Å². The Morgan fingerprint density at radius 1 is 1.46 bits per heavy atom. The number of hydrogen-bond acceptors (Lipinski definition) is 4. The van der Waals surface area contributed by atoms with Crippen molar-refractivity contribution in [2.45, 2.75) is 46.1 Å². The van der Waals surface area contributed by atoms with Crippen LogP contribution >= 0.6 is 11.3 Å². The number of rotatable bonds is 5. The van der Waals surface area contributed by atoms with Crippen LogP contribution < -0.4 is 5.32 Å². The smallest absolute Gasteiger partial charge is 0.317 e. The van der Waals surface area contributed by atoms with Gasteiger partial charge in [0.1, 0.15) is 0 Å². The molecule has 0 aromatic carbocycles. The molecule has 1 atom stereocenters. The number of aromatic nitrogens is 3. The third-order valence-electron chi connectivity index (χ3n) is 4.42. The number of nitrogens with zero attached hydrogens (tertiary/aromatic N) is 4. The number of urea groups is 1. The third-order valence-corrected chi connectivity index (χ3v) is 5.38. The van der Waals surface area contributed by atoms with E-state index in [0.29, 0.717) is 6.54 Å². The average molecular weight is 347 g/mol. The van der Waals surface area contributed by atoms with Gasteiger partial charge in [-0.2, -0.15) is 5.10 Å². The molecule has 0 spiro atoms. The molecule has 0 radical (unpaired) electrons. The number of aryl methyl sites for hydroxylation is 3. The topological polar surface area (TPSA) is 63.1 Å². The predicted molar refractivity (Wildman–Crippen MR) is 95.5 cm³/mol. The summed E-state index contributed by atoms with van der Waals surface area (Å²) in [5, 5.41) is 10.8. The summed E-state index contributed by atoms with van der Waals surface area (Å²) in [5.41, 5.74) is 3.33. The van der Waals surface area contributed by atoms with E-state index in [4.69, 9.17) is 0 Å². The fourth-order valence-corrected chi connectivity index (χ4v) is 4.04. The first-order valence-electron chi connectivity index (χ1n) is 8.55. The Morgan fingerprint density at radius 3 is 2.96 bits per heavy atom. The summed E-state index contributed by atoms with van der Waals surface area (Å²) in [7, 11) is 0. The molecule has 3 heterocycles. The summed E-state index contributed by atoms with van der Waals surface area (Å²) in [6.45, 7) is 8.33. The van der Waals surface area contributed by atoms with E-state index in [1.807, 2.05) is 11.8 Å². The number of nitrogens with one attached hydrogen (secondary N) is 1. The van der Waals surface area contributed by atoms with Crippen molar-refractivity contribution in [1.29, 1.82) is 0 Å². The van der Waals surface area contributed by atoms with E-state index in [1.54, 1.807) is 11.3 Å². The maximum absolute atomic E-state index is 12.3. The third kappa shape index (κ3) is 3.77. The van der Waals surface area contributed by atoms with Crippen LogP contribution in [0, 0.1) is 13.8 Å². The molecule has 3 rings (SSSR count). The zero-order chi connectivity index (χ0) is 17.1. The lowest BCUT2D eigenvalue weighted by atomic mass is 10.2. The van der Waals surface area contributed by atoms with E-state index in [0.717, 1.165) is 54.4 Å². The minimum absolute atomic E-state index is 0.0197.